The van der Waals surface area contributed by atoms with Crippen LogP contribution in [0.2, 0.25) is 0 Å². The van der Waals surface area contributed by atoms with Gasteiger partial charge >= 0.3 is 0 Å². The Morgan fingerprint density at radius 1 is 1.15 bits per heavy atom. The second-order valence-electron chi connectivity index (χ2n) is 4.64. The molecule has 100 valence electrons. The van der Waals surface area contributed by atoms with Crippen molar-refractivity contribution in [3.05, 3.63) is 66.1 Å². The van der Waals surface area contributed by atoms with Gasteiger partial charge in [0, 0.05) is 41.6 Å². The number of benzene rings is 1. The van der Waals surface area contributed by atoms with E-state index in [1.165, 1.54) is 5.56 Å². The first-order chi connectivity index (χ1) is 9.83. The Morgan fingerprint density at radius 3 is 2.85 bits per heavy atom. The summed E-state index contributed by atoms with van der Waals surface area (Å²) in [7, 11) is 0. The largest absolute Gasteiger partial charge is 0.361 e. The summed E-state index contributed by atoms with van der Waals surface area (Å²) >= 11 is 0. The average Bonchev–Trinajstić information content (AvgIpc) is 2.95. The molecule has 4 nitrogen and oxygen atoms in total. The number of carbonyl (C=O) groups excluding carboxylic acids is 1. The first-order valence-corrected chi connectivity index (χ1v) is 6.57. The minimum atomic E-state index is -0.0397. The van der Waals surface area contributed by atoms with Gasteiger partial charge < -0.3 is 10.3 Å². The van der Waals surface area contributed by atoms with Crippen LogP contribution in [0.15, 0.2) is 55.0 Å². The Labute approximate surface area is 116 Å². The number of carbonyl (C=O) groups is 1. The zero-order valence-corrected chi connectivity index (χ0v) is 11.0. The van der Waals surface area contributed by atoms with Crippen molar-refractivity contribution < 1.29 is 4.79 Å². The van der Waals surface area contributed by atoms with Crippen molar-refractivity contribution in [3.63, 3.8) is 0 Å². The molecule has 0 atom stereocenters. The van der Waals surface area contributed by atoms with Gasteiger partial charge in [-0.25, -0.2) is 0 Å². The van der Waals surface area contributed by atoms with E-state index in [1.807, 2.05) is 42.6 Å². The van der Waals surface area contributed by atoms with Crippen LogP contribution in [0.4, 0.5) is 0 Å². The number of fused-ring (bicyclic) bond motifs is 1. The highest BCUT2D eigenvalue weighted by atomic mass is 16.1. The Hall–Kier alpha value is -2.62. The van der Waals surface area contributed by atoms with Gasteiger partial charge in [0.25, 0.3) is 5.91 Å². The molecular formula is C16H15N3O. The molecule has 2 N–H and O–H groups in total. The smallest absolute Gasteiger partial charge is 0.251 e. The minimum absolute atomic E-state index is 0.0397. The summed E-state index contributed by atoms with van der Waals surface area (Å²) in [5.74, 6) is -0.0397. The van der Waals surface area contributed by atoms with Crippen molar-refractivity contribution in [2.24, 2.45) is 0 Å². The van der Waals surface area contributed by atoms with E-state index in [9.17, 15) is 4.79 Å². The van der Waals surface area contributed by atoms with E-state index in [1.54, 1.807) is 12.4 Å². The molecule has 3 aromatic rings. The number of aromatic nitrogens is 2. The number of pyridine rings is 1. The summed E-state index contributed by atoms with van der Waals surface area (Å²) in [4.78, 5) is 19.1. The number of hydrogen-bond acceptors (Lipinski definition) is 2. The third kappa shape index (κ3) is 2.69. The summed E-state index contributed by atoms with van der Waals surface area (Å²) in [6, 6.07) is 11.5. The quantitative estimate of drug-likeness (QED) is 0.761. The Bertz CT molecular complexity index is 719. The summed E-state index contributed by atoms with van der Waals surface area (Å²) in [5.41, 5.74) is 2.89. The average molecular weight is 265 g/mol. The maximum Gasteiger partial charge on any atom is 0.251 e. The fraction of sp³-hybridized carbons (Fsp3) is 0.125. The van der Waals surface area contributed by atoms with E-state index in [0.29, 0.717) is 12.1 Å². The molecule has 0 fully saturated rings. The third-order valence-corrected chi connectivity index (χ3v) is 3.26. The zero-order valence-electron chi connectivity index (χ0n) is 11.0. The lowest BCUT2D eigenvalue weighted by Gasteiger charge is -2.05. The first kappa shape index (κ1) is 12.4. The van der Waals surface area contributed by atoms with E-state index in [4.69, 9.17) is 0 Å². The number of nitrogens with zero attached hydrogens (tertiary/aromatic N) is 1. The Morgan fingerprint density at radius 2 is 2.00 bits per heavy atom. The van der Waals surface area contributed by atoms with Crippen LogP contribution < -0.4 is 5.32 Å². The van der Waals surface area contributed by atoms with Gasteiger partial charge in [-0.1, -0.05) is 0 Å². The van der Waals surface area contributed by atoms with Crippen LogP contribution in [0.5, 0.6) is 0 Å². The number of rotatable bonds is 4. The summed E-state index contributed by atoms with van der Waals surface area (Å²) in [6.07, 6.45) is 6.20. The van der Waals surface area contributed by atoms with Crippen LogP contribution >= 0.6 is 0 Å². The summed E-state index contributed by atoms with van der Waals surface area (Å²) < 4.78 is 0. The molecule has 0 aliphatic carbocycles. The number of aromatic amines is 1. The van der Waals surface area contributed by atoms with Gasteiger partial charge in [0.2, 0.25) is 0 Å². The topological polar surface area (TPSA) is 57.8 Å². The van der Waals surface area contributed by atoms with Crippen molar-refractivity contribution in [1.29, 1.82) is 0 Å². The molecule has 0 saturated heterocycles. The molecular weight excluding hydrogens is 250 g/mol. The van der Waals surface area contributed by atoms with Crippen molar-refractivity contribution in [2.45, 2.75) is 6.42 Å². The SMILES string of the molecule is O=C(NCCc1ccncc1)c1ccc2[nH]ccc2c1. The van der Waals surface area contributed by atoms with E-state index >= 15 is 0 Å². The van der Waals surface area contributed by atoms with E-state index < -0.39 is 0 Å². The Kier molecular flexibility index (Phi) is 3.46. The highest BCUT2D eigenvalue weighted by Gasteiger charge is 2.06. The second-order valence-corrected chi connectivity index (χ2v) is 4.64. The maximum absolute atomic E-state index is 12.1. The van der Waals surface area contributed by atoms with Gasteiger partial charge in [-0.2, -0.15) is 0 Å². The standard InChI is InChI=1S/C16H15N3O/c20-16(19-9-5-12-3-7-17-8-4-12)14-1-2-15-13(11-14)6-10-18-15/h1-4,6-8,10-11,18H,5,9H2,(H,19,20). The highest BCUT2D eigenvalue weighted by Crippen LogP contribution is 2.14. The highest BCUT2D eigenvalue weighted by molar-refractivity contribution is 5.98. The number of nitrogens with one attached hydrogen (secondary N) is 2. The molecule has 2 heterocycles. The first-order valence-electron chi connectivity index (χ1n) is 6.57. The Balaban J connectivity index is 1.61. The monoisotopic (exact) mass is 265 g/mol. The van der Waals surface area contributed by atoms with E-state index in [0.717, 1.165) is 17.3 Å². The molecule has 4 heteroatoms. The molecule has 20 heavy (non-hydrogen) atoms. The lowest BCUT2D eigenvalue weighted by atomic mass is 10.1. The zero-order chi connectivity index (χ0) is 13.8. The fourth-order valence-corrected chi connectivity index (χ4v) is 2.17. The number of H-pyrrole nitrogens is 1. The van der Waals surface area contributed by atoms with E-state index in [2.05, 4.69) is 15.3 Å². The molecule has 0 unspecified atom stereocenters. The van der Waals surface area contributed by atoms with Crippen molar-refractivity contribution in [3.8, 4) is 0 Å². The predicted octanol–water partition coefficient (Wildman–Crippen LogP) is 2.54. The van der Waals surface area contributed by atoms with Gasteiger partial charge in [-0.05, 0) is 48.4 Å². The molecule has 0 saturated carbocycles. The van der Waals surface area contributed by atoms with Gasteiger partial charge in [0.05, 0.1) is 0 Å². The van der Waals surface area contributed by atoms with Crippen LogP contribution in [-0.2, 0) is 6.42 Å². The number of hydrogen-bond donors (Lipinski definition) is 2. The molecule has 0 radical (unpaired) electrons. The molecule has 1 aromatic carbocycles. The molecule has 1 amide bonds. The fourth-order valence-electron chi connectivity index (χ4n) is 2.17. The van der Waals surface area contributed by atoms with Crippen LogP contribution in [0.25, 0.3) is 10.9 Å². The van der Waals surface area contributed by atoms with Gasteiger partial charge in [0.1, 0.15) is 0 Å². The summed E-state index contributed by atoms with van der Waals surface area (Å²) in [6.45, 7) is 0.619. The molecule has 2 aromatic heterocycles. The molecule has 0 spiro atoms. The van der Waals surface area contributed by atoms with Crippen molar-refractivity contribution >= 4 is 16.8 Å². The molecule has 0 aliphatic heterocycles. The van der Waals surface area contributed by atoms with Crippen molar-refractivity contribution in [2.75, 3.05) is 6.54 Å². The minimum Gasteiger partial charge on any atom is -0.361 e. The van der Waals surface area contributed by atoms with Crippen LogP contribution in [0.1, 0.15) is 15.9 Å². The van der Waals surface area contributed by atoms with E-state index in [-0.39, 0.29) is 5.91 Å². The normalized spacial score (nSPS) is 10.6. The van der Waals surface area contributed by atoms with Crippen molar-refractivity contribution in [1.82, 2.24) is 15.3 Å². The predicted molar refractivity (Wildman–Crippen MR) is 78.6 cm³/mol. The molecule has 0 aliphatic rings. The van der Waals surface area contributed by atoms with Crippen LogP contribution in [-0.4, -0.2) is 22.4 Å². The lowest BCUT2D eigenvalue weighted by Crippen LogP contribution is -2.25. The van der Waals surface area contributed by atoms with Gasteiger partial charge in [-0.3, -0.25) is 9.78 Å². The number of amides is 1. The maximum atomic E-state index is 12.1. The van der Waals surface area contributed by atoms with Gasteiger partial charge in [-0.15, -0.1) is 0 Å². The lowest BCUT2D eigenvalue weighted by molar-refractivity contribution is 0.0954. The molecule has 3 rings (SSSR count). The molecule has 0 bridgehead atoms. The van der Waals surface area contributed by atoms with Gasteiger partial charge in [0.15, 0.2) is 0 Å². The summed E-state index contributed by atoms with van der Waals surface area (Å²) in [5, 5.41) is 3.98. The van der Waals surface area contributed by atoms with Crippen LogP contribution in [0, 0.1) is 0 Å². The second kappa shape index (κ2) is 5.57. The van der Waals surface area contributed by atoms with Crippen LogP contribution in [0.3, 0.4) is 0 Å². The third-order valence-electron chi connectivity index (χ3n) is 3.26.